The number of anilines is 1. The van der Waals surface area contributed by atoms with Gasteiger partial charge in [0, 0.05) is 18.4 Å². The fourth-order valence-corrected chi connectivity index (χ4v) is 2.96. The van der Waals surface area contributed by atoms with Crippen molar-refractivity contribution in [3.8, 4) is 0 Å². The molecule has 0 saturated heterocycles. The molecule has 1 heterocycles. The van der Waals surface area contributed by atoms with Crippen molar-refractivity contribution < 1.29 is 4.74 Å². The van der Waals surface area contributed by atoms with E-state index in [1.165, 1.54) is 19.3 Å². The first-order valence-electron chi connectivity index (χ1n) is 7.52. The number of hydrogen-bond acceptors (Lipinski definition) is 4. The second-order valence-electron chi connectivity index (χ2n) is 5.48. The zero-order valence-electron chi connectivity index (χ0n) is 12.4. The molecule has 1 aromatic heterocycles. The van der Waals surface area contributed by atoms with Crippen LogP contribution in [0.3, 0.4) is 0 Å². The van der Waals surface area contributed by atoms with Gasteiger partial charge in [-0.3, -0.25) is 0 Å². The molecule has 0 saturated carbocycles. The van der Waals surface area contributed by atoms with Crippen molar-refractivity contribution in [1.29, 1.82) is 0 Å². The van der Waals surface area contributed by atoms with Crippen LogP contribution in [0.2, 0.25) is 0 Å². The van der Waals surface area contributed by atoms with E-state index in [-0.39, 0.29) is 6.10 Å². The summed E-state index contributed by atoms with van der Waals surface area (Å²) >= 11 is 0. The maximum atomic E-state index is 6.18. The van der Waals surface area contributed by atoms with Gasteiger partial charge in [0.05, 0.1) is 0 Å². The van der Waals surface area contributed by atoms with Gasteiger partial charge in [-0.2, -0.15) is 0 Å². The smallest absolute Gasteiger partial charge is 0.164 e. The highest BCUT2D eigenvalue weighted by Crippen LogP contribution is 2.28. The van der Waals surface area contributed by atoms with Gasteiger partial charge in [0.1, 0.15) is 11.9 Å². The zero-order chi connectivity index (χ0) is 14.7. The molecule has 0 radical (unpaired) electrons. The standard InChI is InChI=1S/C17H21N3O/c1-21-15(12-8-4-2-5-9-12)17-19-14-11-7-3-6-10-13(14)16(18)20-17/h2,4-5,8-9,15H,3,6-7,10-11H2,1H3,(H2,18,19,20). The predicted octanol–water partition coefficient (Wildman–Crippen LogP) is 3.06. The van der Waals surface area contributed by atoms with E-state index in [0.717, 1.165) is 29.7 Å². The predicted molar refractivity (Wildman–Crippen MR) is 83.0 cm³/mol. The third-order valence-corrected chi connectivity index (χ3v) is 4.05. The van der Waals surface area contributed by atoms with Crippen molar-refractivity contribution in [2.45, 2.75) is 38.2 Å². The number of benzene rings is 1. The highest BCUT2D eigenvalue weighted by Gasteiger charge is 2.21. The summed E-state index contributed by atoms with van der Waals surface area (Å²) in [6.07, 6.45) is 5.29. The zero-order valence-corrected chi connectivity index (χ0v) is 12.4. The summed E-state index contributed by atoms with van der Waals surface area (Å²) < 4.78 is 5.62. The SMILES string of the molecule is COC(c1ccccc1)c1nc(N)c2c(n1)CCCCC2. The summed E-state index contributed by atoms with van der Waals surface area (Å²) in [5.41, 5.74) is 9.47. The maximum absolute atomic E-state index is 6.18. The Morgan fingerprint density at radius 1 is 1.05 bits per heavy atom. The van der Waals surface area contributed by atoms with Gasteiger partial charge in [-0.25, -0.2) is 9.97 Å². The lowest BCUT2D eigenvalue weighted by Gasteiger charge is -2.17. The van der Waals surface area contributed by atoms with Gasteiger partial charge < -0.3 is 10.5 Å². The van der Waals surface area contributed by atoms with Crippen LogP contribution in [0.5, 0.6) is 0 Å². The molecule has 0 fully saturated rings. The monoisotopic (exact) mass is 283 g/mol. The van der Waals surface area contributed by atoms with Crippen LogP contribution in [-0.4, -0.2) is 17.1 Å². The minimum absolute atomic E-state index is 0.262. The van der Waals surface area contributed by atoms with E-state index in [2.05, 4.69) is 4.98 Å². The topological polar surface area (TPSA) is 61.0 Å². The Labute approximate surface area is 125 Å². The number of rotatable bonds is 3. The Hall–Kier alpha value is -1.94. The fraction of sp³-hybridized carbons (Fsp3) is 0.412. The van der Waals surface area contributed by atoms with Crippen molar-refractivity contribution in [3.63, 3.8) is 0 Å². The van der Waals surface area contributed by atoms with E-state index in [1.807, 2.05) is 30.3 Å². The molecular weight excluding hydrogens is 262 g/mol. The summed E-state index contributed by atoms with van der Waals surface area (Å²) in [6.45, 7) is 0. The first kappa shape index (κ1) is 14.0. The van der Waals surface area contributed by atoms with Crippen molar-refractivity contribution in [1.82, 2.24) is 9.97 Å². The average Bonchev–Trinajstić information content (AvgIpc) is 2.75. The lowest BCUT2D eigenvalue weighted by molar-refractivity contribution is 0.129. The third-order valence-electron chi connectivity index (χ3n) is 4.05. The van der Waals surface area contributed by atoms with E-state index in [0.29, 0.717) is 11.6 Å². The van der Waals surface area contributed by atoms with Crippen molar-refractivity contribution in [2.75, 3.05) is 12.8 Å². The highest BCUT2D eigenvalue weighted by atomic mass is 16.5. The first-order chi connectivity index (χ1) is 10.3. The van der Waals surface area contributed by atoms with Crippen LogP contribution in [-0.2, 0) is 17.6 Å². The Bertz CT molecular complexity index is 613. The molecule has 2 aromatic rings. The minimum Gasteiger partial charge on any atom is -0.383 e. The molecular formula is C17H21N3O. The Morgan fingerprint density at radius 3 is 2.57 bits per heavy atom. The van der Waals surface area contributed by atoms with Crippen molar-refractivity contribution in [3.05, 3.63) is 53.0 Å². The number of nitrogens with zero attached hydrogens (tertiary/aromatic N) is 2. The molecule has 1 aliphatic rings. The lowest BCUT2D eigenvalue weighted by Crippen LogP contribution is -2.14. The second-order valence-corrected chi connectivity index (χ2v) is 5.48. The molecule has 1 unspecified atom stereocenters. The van der Waals surface area contributed by atoms with Gasteiger partial charge in [-0.15, -0.1) is 0 Å². The van der Waals surface area contributed by atoms with Crippen LogP contribution in [0.4, 0.5) is 5.82 Å². The average molecular weight is 283 g/mol. The number of ether oxygens (including phenoxy) is 1. The first-order valence-corrected chi connectivity index (χ1v) is 7.52. The number of nitrogen functional groups attached to an aromatic ring is 1. The molecule has 4 heteroatoms. The number of methoxy groups -OCH3 is 1. The normalized spacial score (nSPS) is 16.0. The van der Waals surface area contributed by atoms with E-state index in [4.69, 9.17) is 15.5 Å². The Balaban J connectivity index is 2.02. The van der Waals surface area contributed by atoms with Gasteiger partial charge >= 0.3 is 0 Å². The van der Waals surface area contributed by atoms with E-state index < -0.39 is 0 Å². The van der Waals surface area contributed by atoms with Crippen LogP contribution in [0.1, 0.15) is 48.0 Å². The molecule has 3 rings (SSSR count). The molecule has 0 amide bonds. The Morgan fingerprint density at radius 2 is 1.81 bits per heavy atom. The molecule has 1 aliphatic carbocycles. The second kappa shape index (κ2) is 6.22. The summed E-state index contributed by atoms with van der Waals surface area (Å²) in [6, 6.07) is 10.0. The summed E-state index contributed by atoms with van der Waals surface area (Å²) in [4.78, 5) is 9.28. The van der Waals surface area contributed by atoms with Gasteiger partial charge in [0.15, 0.2) is 5.82 Å². The van der Waals surface area contributed by atoms with Crippen LogP contribution in [0.15, 0.2) is 30.3 Å². The molecule has 21 heavy (non-hydrogen) atoms. The number of aromatic nitrogens is 2. The van der Waals surface area contributed by atoms with E-state index in [1.54, 1.807) is 7.11 Å². The molecule has 4 nitrogen and oxygen atoms in total. The number of nitrogens with two attached hydrogens (primary N) is 1. The highest BCUT2D eigenvalue weighted by molar-refractivity contribution is 5.44. The van der Waals surface area contributed by atoms with Crippen molar-refractivity contribution in [2.24, 2.45) is 0 Å². The number of fused-ring (bicyclic) bond motifs is 1. The van der Waals surface area contributed by atoms with E-state index >= 15 is 0 Å². The lowest BCUT2D eigenvalue weighted by atomic mass is 10.1. The fourth-order valence-electron chi connectivity index (χ4n) is 2.96. The van der Waals surface area contributed by atoms with Crippen LogP contribution in [0.25, 0.3) is 0 Å². The van der Waals surface area contributed by atoms with E-state index in [9.17, 15) is 0 Å². The quantitative estimate of drug-likeness (QED) is 0.879. The van der Waals surface area contributed by atoms with Crippen molar-refractivity contribution >= 4 is 5.82 Å². The van der Waals surface area contributed by atoms with Gasteiger partial charge in [0.25, 0.3) is 0 Å². The van der Waals surface area contributed by atoms with Gasteiger partial charge in [-0.05, 0) is 31.2 Å². The summed E-state index contributed by atoms with van der Waals surface area (Å²) in [5, 5.41) is 0. The molecule has 0 bridgehead atoms. The molecule has 110 valence electrons. The minimum atomic E-state index is -0.262. The van der Waals surface area contributed by atoms with Crippen LogP contribution >= 0.6 is 0 Å². The number of hydrogen-bond donors (Lipinski definition) is 1. The summed E-state index contributed by atoms with van der Waals surface area (Å²) in [5.74, 6) is 1.29. The van der Waals surface area contributed by atoms with Gasteiger partial charge in [-0.1, -0.05) is 36.8 Å². The molecule has 2 N–H and O–H groups in total. The van der Waals surface area contributed by atoms with Gasteiger partial charge in [0.2, 0.25) is 0 Å². The Kier molecular flexibility index (Phi) is 4.15. The maximum Gasteiger partial charge on any atom is 0.164 e. The largest absolute Gasteiger partial charge is 0.383 e. The molecule has 1 atom stereocenters. The third kappa shape index (κ3) is 2.90. The number of aryl methyl sites for hydroxylation is 1. The van der Waals surface area contributed by atoms with Crippen LogP contribution in [0, 0.1) is 0 Å². The summed E-state index contributed by atoms with van der Waals surface area (Å²) in [7, 11) is 1.68. The van der Waals surface area contributed by atoms with Crippen LogP contribution < -0.4 is 5.73 Å². The molecule has 1 aromatic carbocycles. The molecule has 0 aliphatic heterocycles. The molecule has 0 spiro atoms.